The lowest BCUT2D eigenvalue weighted by atomic mass is 9.95. The number of fused-ring (bicyclic) bond motifs is 3. The number of aromatic nitrogens is 1. The number of rotatable bonds is 10. The molecule has 4 aliphatic rings. The number of thiocarbonyl (C=S) groups is 1. The molecule has 1 saturated carbocycles. The van der Waals surface area contributed by atoms with E-state index in [1.807, 2.05) is 18.7 Å². The molecule has 0 N–H and O–H groups in total. The van der Waals surface area contributed by atoms with Gasteiger partial charge in [-0.3, -0.25) is 23.9 Å². The molecule has 0 spiro atoms. The second-order valence-electron chi connectivity index (χ2n) is 15.4. The van der Waals surface area contributed by atoms with E-state index in [1.165, 1.54) is 74.9 Å². The van der Waals surface area contributed by atoms with Crippen LogP contribution in [0.2, 0.25) is 0 Å². The van der Waals surface area contributed by atoms with Crippen LogP contribution in [0.1, 0.15) is 73.8 Å². The van der Waals surface area contributed by atoms with E-state index in [1.54, 1.807) is 16.4 Å². The van der Waals surface area contributed by atoms with Gasteiger partial charge in [-0.05, 0) is 103 Å². The van der Waals surface area contributed by atoms with Crippen molar-refractivity contribution in [2.24, 2.45) is 0 Å². The third-order valence-electron chi connectivity index (χ3n) is 11.7. The Morgan fingerprint density at radius 1 is 0.852 bits per heavy atom. The van der Waals surface area contributed by atoms with Crippen molar-refractivity contribution in [1.29, 1.82) is 0 Å². The van der Waals surface area contributed by atoms with Gasteiger partial charge in [-0.25, -0.2) is 0 Å². The van der Waals surface area contributed by atoms with E-state index < -0.39 is 0 Å². The van der Waals surface area contributed by atoms with Gasteiger partial charge in [-0.2, -0.15) is 0 Å². The molecule has 0 radical (unpaired) electrons. The molecule has 8 nitrogen and oxygen atoms in total. The summed E-state index contributed by atoms with van der Waals surface area (Å²) >= 11 is 9.56. The Balaban J connectivity index is 1.04. The molecule has 2 unspecified atom stereocenters. The zero-order valence-corrected chi connectivity index (χ0v) is 37.6. The predicted molar refractivity (Wildman–Crippen MR) is 257 cm³/mol. The van der Waals surface area contributed by atoms with E-state index in [4.69, 9.17) is 17.0 Å². The fraction of sp³-hybridized carbons (Fsp3) is 0.265. The number of ether oxygens (including phenoxy) is 1. The highest BCUT2D eigenvalue weighted by atomic mass is 32.2. The molecule has 4 heterocycles. The van der Waals surface area contributed by atoms with Gasteiger partial charge in [0.1, 0.15) is 25.0 Å². The smallest absolute Gasteiger partial charge is 0.325 e. The molecule has 2 atom stereocenters. The number of benzene rings is 4. The summed E-state index contributed by atoms with van der Waals surface area (Å²) in [4.78, 5) is 47.9. The summed E-state index contributed by atoms with van der Waals surface area (Å²) in [5.41, 5.74) is 9.47. The molecule has 3 fully saturated rings. The van der Waals surface area contributed by atoms with Crippen LogP contribution in [0.5, 0.6) is 0 Å². The maximum Gasteiger partial charge on any atom is 0.325 e. The molecule has 1 amide bonds. The first-order chi connectivity index (χ1) is 29.8. The number of carbonyl (C=O) groups excluding carboxylic acids is 2. The molecular formula is C49H46N4O4S4. The lowest BCUT2D eigenvalue weighted by molar-refractivity contribution is -0.143. The van der Waals surface area contributed by atoms with Gasteiger partial charge in [-0.1, -0.05) is 121 Å². The highest BCUT2D eigenvalue weighted by Gasteiger charge is 2.42. The van der Waals surface area contributed by atoms with E-state index in [-0.39, 0.29) is 30.6 Å². The largest absolute Gasteiger partial charge is 0.465 e. The molecule has 3 aliphatic heterocycles. The number of hydrogen-bond acceptors (Lipinski definition) is 10. The van der Waals surface area contributed by atoms with Gasteiger partial charge in [-0.15, -0.1) is 11.3 Å². The highest BCUT2D eigenvalue weighted by molar-refractivity contribution is 8.30. The van der Waals surface area contributed by atoms with Crippen molar-refractivity contribution in [3.05, 3.63) is 155 Å². The summed E-state index contributed by atoms with van der Waals surface area (Å²) in [6.45, 7) is 7.20. The first kappa shape index (κ1) is 41.2. The molecule has 1 aliphatic carbocycles. The molecule has 9 rings (SSSR count). The van der Waals surface area contributed by atoms with E-state index in [9.17, 15) is 14.4 Å². The van der Waals surface area contributed by atoms with Crippen LogP contribution >= 0.6 is 47.1 Å². The molecule has 5 aromatic rings. The number of amides is 1. The SMILES string of the molecule is CCOC(=O)CN1C/C(=C/c2ccc3c(c2)C2CCCC2N3c2ccc(C=C(c3ccccc3)c3ccccc3)cc2)S/C1=c1/s/c(=C2\SC(=S)N(CC)C2=O)n(CC)c1=O. The van der Waals surface area contributed by atoms with Crippen molar-refractivity contribution >= 4 is 102 Å². The van der Waals surface area contributed by atoms with Crippen molar-refractivity contribution < 1.29 is 14.3 Å². The highest BCUT2D eigenvalue weighted by Crippen LogP contribution is 2.53. The van der Waals surface area contributed by atoms with Crippen LogP contribution < -0.4 is 19.7 Å². The Labute approximate surface area is 373 Å². The number of anilines is 2. The number of esters is 1. The Hall–Kier alpha value is -5.14. The Morgan fingerprint density at radius 3 is 2.21 bits per heavy atom. The van der Waals surface area contributed by atoms with E-state index in [0.29, 0.717) is 55.0 Å². The van der Waals surface area contributed by atoms with Gasteiger partial charge in [0.05, 0.1) is 18.2 Å². The second kappa shape index (κ2) is 17.7. The molecule has 4 aromatic carbocycles. The lowest BCUT2D eigenvalue weighted by Gasteiger charge is -2.27. The van der Waals surface area contributed by atoms with Gasteiger partial charge in [0.25, 0.3) is 11.5 Å². The zero-order chi connectivity index (χ0) is 42.2. The number of thioether (sulfide) groups is 2. The minimum Gasteiger partial charge on any atom is -0.465 e. The van der Waals surface area contributed by atoms with Crippen LogP contribution in [0.25, 0.3) is 27.7 Å². The molecule has 61 heavy (non-hydrogen) atoms. The van der Waals surface area contributed by atoms with E-state index >= 15 is 0 Å². The normalized spacial score (nSPS) is 20.8. The summed E-state index contributed by atoms with van der Waals surface area (Å²) in [7, 11) is 0. The second-order valence-corrected chi connectivity index (χ2v) is 19.1. The summed E-state index contributed by atoms with van der Waals surface area (Å²) in [5.74, 6) is -0.0849. The van der Waals surface area contributed by atoms with Crippen LogP contribution in [-0.2, 0) is 20.9 Å². The van der Waals surface area contributed by atoms with Gasteiger partial charge in [0, 0.05) is 41.3 Å². The standard InChI is InChI=1S/C49H46N4O4S4/c1-4-51-45(55)43(60-48(51)44-46(56)52(5-2)49(58)61-44)47-50(30-42(54)57-6-3)29-36(59-47)26-32-22-25-41-39(28-32)37-18-13-19-40(37)53(41)35-23-20-31(21-24-35)27-38(33-14-9-7-10-15-33)34-16-11-8-12-17-34/h7-12,14-17,20-28,37,40H,4-6,13,18-19,29-30H2,1-3H3/b36-26-,47-43+,48-44-. The van der Waals surface area contributed by atoms with E-state index in [0.717, 1.165) is 28.9 Å². The van der Waals surface area contributed by atoms with Crippen LogP contribution in [0.3, 0.4) is 0 Å². The Kier molecular flexibility index (Phi) is 12.0. The summed E-state index contributed by atoms with van der Waals surface area (Å²) in [5, 5.41) is 0.704. The summed E-state index contributed by atoms with van der Waals surface area (Å²) in [6, 6.07) is 37.3. The lowest BCUT2D eigenvalue weighted by Crippen LogP contribution is -2.36. The fourth-order valence-corrected chi connectivity index (χ4v) is 13.1. The quantitative estimate of drug-likeness (QED) is 0.0777. The van der Waals surface area contributed by atoms with Gasteiger partial charge >= 0.3 is 5.97 Å². The van der Waals surface area contributed by atoms with Gasteiger partial charge in [0.2, 0.25) is 0 Å². The monoisotopic (exact) mass is 882 g/mol. The molecule has 12 heteroatoms. The van der Waals surface area contributed by atoms with Crippen molar-refractivity contribution in [2.45, 2.75) is 58.5 Å². The number of carbonyl (C=O) groups is 2. The van der Waals surface area contributed by atoms with Crippen molar-refractivity contribution in [3.8, 4) is 0 Å². The average Bonchev–Trinajstić information content (AvgIpc) is 4.09. The first-order valence-corrected chi connectivity index (χ1v) is 23.8. The fourth-order valence-electron chi connectivity index (χ4n) is 8.99. The first-order valence-electron chi connectivity index (χ1n) is 20.9. The van der Waals surface area contributed by atoms with Crippen LogP contribution in [0.15, 0.2) is 113 Å². The summed E-state index contributed by atoms with van der Waals surface area (Å²) < 4.78 is 8.62. The minimum absolute atomic E-state index is 0.0154. The number of nitrogens with zero attached hydrogens (tertiary/aromatic N) is 4. The number of hydrogen-bond donors (Lipinski definition) is 0. The van der Waals surface area contributed by atoms with E-state index in [2.05, 4.69) is 120 Å². The molecule has 0 bridgehead atoms. The maximum atomic E-state index is 14.1. The van der Waals surface area contributed by atoms with Crippen molar-refractivity contribution in [2.75, 3.05) is 31.1 Å². The van der Waals surface area contributed by atoms with Crippen LogP contribution in [-0.4, -0.2) is 62.8 Å². The average molecular weight is 883 g/mol. The van der Waals surface area contributed by atoms with Crippen LogP contribution in [0.4, 0.5) is 11.4 Å². The van der Waals surface area contributed by atoms with Gasteiger partial charge < -0.3 is 14.5 Å². The minimum atomic E-state index is -0.351. The molecule has 2 saturated heterocycles. The van der Waals surface area contributed by atoms with Gasteiger partial charge in [0.15, 0.2) is 0 Å². The molecular weight excluding hydrogens is 837 g/mol. The third kappa shape index (κ3) is 7.95. The third-order valence-corrected chi connectivity index (χ3v) is 15.8. The van der Waals surface area contributed by atoms with Crippen LogP contribution in [0, 0.1) is 0 Å². The molecule has 310 valence electrons. The maximum absolute atomic E-state index is 14.1. The zero-order valence-electron chi connectivity index (χ0n) is 34.3. The van der Waals surface area contributed by atoms with Crippen molar-refractivity contribution in [1.82, 2.24) is 14.4 Å². The van der Waals surface area contributed by atoms with Crippen molar-refractivity contribution in [3.63, 3.8) is 0 Å². The Morgan fingerprint density at radius 2 is 1.56 bits per heavy atom. The topological polar surface area (TPSA) is 75.1 Å². The Bertz CT molecular complexity index is 2740. The molecule has 1 aromatic heterocycles. The summed E-state index contributed by atoms with van der Waals surface area (Å²) in [6.07, 6.45) is 7.96. The number of thiazole rings is 1. The predicted octanol–water partition coefficient (Wildman–Crippen LogP) is 9.01.